The van der Waals surface area contributed by atoms with E-state index in [0.29, 0.717) is 25.5 Å². The first kappa shape index (κ1) is 23.5. The number of hydrogen-bond donors (Lipinski definition) is 1. The van der Waals surface area contributed by atoms with E-state index in [2.05, 4.69) is 76.8 Å². The van der Waals surface area contributed by atoms with Gasteiger partial charge in [-0.15, -0.1) is 0 Å². The van der Waals surface area contributed by atoms with Crippen LogP contribution in [0.25, 0.3) is 0 Å². The Labute approximate surface area is 198 Å². The van der Waals surface area contributed by atoms with Gasteiger partial charge in [0.25, 0.3) is 0 Å². The number of benzene rings is 1. The molecule has 2 aliphatic heterocycles. The van der Waals surface area contributed by atoms with Gasteiger partial charge >= 0.3 is 0 Å². The summed E-state index contributed by atoms with van der Waals surface area (Å²) in [6.07, 6.45) is 4.94. The van der Waals surface area contributed by atoms with E-state index in [0.717, 1.165) is 30.5 Å². The molecule has 0 radical (unpaired) electrons. The first-order valence-corrected chi connectivity index (χ1v) is 12.0. The quantitative estimate of drug-likeness (QED) is 0.719. The summed E-state index contributed by atoms with van der Waals surface area (Å²) < 4.78 is 5.48. The molecule has 2 aliphatic rings. The predicted octanol–water partition coefficient (Wildman–Crippen LogP) is 4.97. The number of aromatic nitrogens is 1. The Hall–Kier alpha value is -2.66. The van der Waals surface area contributed by atoms with Crippen molar-refractivity contribution in [3.63, 3.8) is 0 Å². The maximum absolute atomic E-state index is 13.3. The van der Waals surface area contributed by atoms with E-state index in [4.69, 9.17) is 9.72 Å². The topological polar surface area (TPSA) is 54.5 Å². The molecule has 1 aromatic carbocycles. The smallest absolute Gasteiger partial charge is 0.231 e. The van der Waals surface area contributed by atoms with E-state index in [1.807, 2.05) is 11.1 Å². The summed E-state index contributed by atoms with van der Waals surface area (Å²) in [7, 11) is 0. The van der Waals surface area contributed by atoms with Gasteiger partial charge in [-0.2, -0.15) is 0 Å². The lowest BCUT2D eigenvalue weighted by Gasteiger charge is -2.46. The van der Waals surface area contributed by atoms with Crippen LogP contribution in [-0.2, 0) is 26.9 Å². The van der Waals surface area contributed by atoms with Crippen LogP contribution < -0.4 is 5.32 Å². The molecule has 176 valence electrons. The summed E-state index contributed by atoms with van der Waals surface area (Å²) in [5, 5.41) is 3.60. The number of nitrogens with one attached hydrogen (secondary N) is 1. The maximum Gasteiger partial charge on any atom is 0.231 e. The van der Waals surface area contributed by atoms with Gasteiger partial charge in [-0.05, 0) is 61.4 Å². The van der Waals surface area contributed by atoms with Crippen LogP contribution in [0.15, 0.2) is 48.9 Å². The highest BCUT2D eigenvalue weighted by molar-refractivity contribution is 5.81. The minimum absolute atomic E-state index is 0.0447. The van der Waals surface area contributed by atoms with Crippen molar-refractivity contribution in [3.05, 3.63) is 76.9 Å². The number of rotatable bonds is 4. The monoisotopic (exact) mass is 447 g/mol. The van der Waals surface area contributed by atoms with E-state index < -0.39 is 5.54 Å². The Balaban J connectivity index is 1.55. The number of carbonyl (C=O) groups is 1. The Morgan fingerprint density at radius 1 is 1.21 bits per heavy atom. The minimum Gasteiger partial charge on any atom is -0.381 e. The molecule has 2 saturated heterocycles. The van der Waals surface area contributed by atoms with Gasteiger partial charge < -0.3 is 10.1 Å². The first-order valence-electron chi connectivity index (χ1n) is 12.0. The second kappa shape index (κ2) is 8.94. The molecule has 0 spiro atoms. The third kappa shape index (κ3) is 4.84. The van der Waals surface area contributed by atoms with Crippen molar-refractivity contribution < 1.29 is 9.53 Å². The summed E-state index contributed by atoms with van der Waals surface area (Å²) in [5.74, 6) is 0.840. The fourth-order valence-corrected chi connectivity index (χ4v) is 5.16. The van der Waals surface area contributed by atoms with Gasteiger partial charge in [0.2, 0.25) is 5.91 Å². The van der Waals surface area contributed by atoms with E-state index in [1.165, 1.54) is 16.7 Å². The summed E-state index contributed by atoms with van der Waals surface area (Å²) >= 11 is 0. The second-order valence-electron chi connectivity index (χ2n) is 10.8. The van der Waals surface area contributed by atoms with Gasteiger partial charge in [-0.3, -0.25) is 14.7 Å². The van der Waals surface area contributed by atoms with Crippen LogP contribution in [0.4, 0.5) is 0 Å². The van der Waals surface area contributed by atoms with Crippen molar-refractivity contribution in [1.29, 1.82) is 0 Å². The number of nitrogens with zero attached hydrogens (tertiary/aromatic N) is 2. The Kier molecular flexibility index (Phi) is 6.37. The number of amides is 1. The fourth-order valence-electron chi connectivity index (χ4n) is 5.16. The fraction of sp³-hybridized carbons (Fsp3) is 0.500. The van der Waals surface area contributed by atoms with E-state index >= 15 is 0 Å². The van der Waals surface area contributed by atoms with Crippen molar-refractivity contribution in [2.45, 2.75) is 77.3 Å². The van der Waals surface area contributed by atoms with Crippen molar-refractivity contribution in [3.8, 4) is 0 Å². The average molecular weight is 448 g/mol. The average Bonchev–Trinajstić information content (AvgIpc) is 2.75. The van der Waals surface area contributed by atoms with Crippen LogP contribution in [0, 0.1) is 6.92 Å². The molecule has 1 amide bonds. The van der Waals surface area contributed by atoms with Crippen LogP contribution in [0.2, 0.25) is 0 Å². The highest BCUT2D eigenvalue weighted by Crippen LogP contribution is 2.36. The molecule has 5 heteroatoms. The van der Waals surface area contributed by atoms with Crippen LogP contribution in [0.1, 0.15) is 74.9 Å². The summed E-state index contributed by atoms with van der Waals surface area (Å²) in [6, 6.07) is 10.9. The molecule has 4 rings (SSSR count). The highest BCUT2D eigenvalue weighted by atomic mass is 16.5. The molecule has 3 heterocycles. The Morgan fingerprint density at radius 2 is 1.94 bits per heavy atom. The molecule has 1 N–H and O–H groups in total. The lowest BCUT2D eigenvalue weighted by molar-refractivity contribution is -0.137. The molecular weight excluding hydrogens is 410 g/mol. The molecule has 1 atom stereocenters. The Bertz CT molecular complexity index is 1010. The van der Waals surface area contributed by atoms with Crippen LogP contribution in [-0.4, -0.2) is 35.0 Å². The first-order chi connectivity index (χ1) is 15.6. The number of ether oxygens (including phenoxy) is 1. The van der Waals surface area contributed by atoms with Crippen molar-refractivity contribution in [2.24, 2.45) is 0 Å². The molecular formula is C28H37N3O2. The second-order valence-corrected chi connectivity index (χ2v) is 10.8. The standard InChI is InChI=1S/C28H37N3O2/c1-19-22(16-21-10-11-25(29-18-21)27(3,4)5)8-7-9-24(19)28(6)17-26(32)31(20(2)30-28)23-12-14-33-15-13-23/h7-11,18,23,30H,2,12-17H2,1,3-6H3/t28-/m0/s1. The lowest BCUT2D eigenvalue weighted by Crippen LogP contribution is -2.57. The van der Waals surface area contributed by atoms with Gasteiger partial charge in [0.1, 0.15) is 5.82 Å². The van der Waals surface area contributed by atoms with Crippen molar-refractivity contribution in [2.75, 3.05) is 13.2 Å². The largest absolute Gasteiger partial charge is 0.381 e. The van der Waals surface area contributed by atoms with Crippen LogP contribution in [0.5, 0.6) is 0 Å². The molecule has 0 saturated carbocycles. The highest BCUT2D eigenvalue weighted by Gasteiger charge is 2.41. The normalized spacial score (nSPS) is 22.4. The van der Waals surface area contributed by atoms with Gasteiger partial charge in [0, 0.05) is 36.6 Å². The summed E-state index contributed by atoms with van der Waals surface area (Å²) in [6.45, 7) is 16.4. The maximum atomic E-state index is 13.3. The summed E-state index contributed by atoms with van der Waals surface area (Å²) in [4.78, 5) is 19.8. The molecule has 5 nitrogen and oxygen atoms in total. The van der Waals surface area contributed by atoms with Gasteiger partial charge in [0.15, 0.2) is 0 Å². The SMILES string of the molecule is C=C1N[C@](C)(c2cccc(Cc3ccc(C(C)(C)C)nc3)c2C)CC(=O)N1C1CCOCC1. The van der Waals surface area contributed by atoms with Crippen molar-refractivity contribution in [1.82, 2.24) is 15.2 Å². The number of pyridine rings is 1. The third-order valence-corrected chi connectivity index (χ3v) is 7.07. The van der Waals surface area contributed by atoms with Gasteiger partial charge in [-0.25, -0.2) is 0 Å². The number of carbonyl (C=O) groups excluding carboxylic acids is 1. The summed E-state index contributed by atoms with van der Waals surface area (Å²) in [5.41, 5.74) is 5.48. The molecule has 33 heavy (non-hydrogen) atoms. The molecule has 0 bridgehead atoms. The zero-order valence-electron chi connectivity index (χ0n) is 20.7. The van der Waals surface area contributed by atoms with Crippen LogP contribution >= 0.6 is 0 Å². The third-order valence-electron chi connectivity index (χ3n) is 7.07. The van der Waals surface area contributed by atoms with Crippen LogP contribution in [0.3, 0.4) is 0 Å². The predicted molar refractivity (Wildman–Crippen MR) is 132 cm³/mol. The van der Waals surface area contributed by atoms with E-state index in [1.54, 1.807) is 0 Å². The molecule has 2 aromatic rings. The van der Waals surface area contributed by atoms with E-state index in [9.17, 15) is 4.79 Å². The van der Waals surface area contributed by atoms with Crippen molar-refractivity contribution >= 4 is 5.91 Å². The Morgan fingerprint density at radius 3 is 2.55 bits per heavy atom. The molecule has 2 fully saturated rings. The van der Waals surface area contributed by atoms with E-state index in [-0.39, 0.29) is 17.4 Å². The zero-order valence-corrected chi connectivity index (χ0v) is 20.7. The molecule has 1 aromatic heterocycles. The van der Waals surface area contributed by atoms with Gasteiger partial charge in [-0.1, -0.05) is 51.6 Å². The molecule has 0 aliphatic carbocycles. The number of hydrogen-bond acceptors (Lipinski definition) is 4. The molecule has 0 unspecified atom stereocenters. The lowest BCUT2D eigenvalue weighted by atomic mass is 9.81. The minimum atomic E-state index is -0.482. The zero-order chi connectivity index (χ0) is 23.8. The van der Waals surface area contributed by atoms with Gasteiger partial charge in [0.05, 0.1) is 12.0 Å².